The molecule has 0 fully saturated rings. The minimum absolute atomic E-state index is 0.0576. The van der Waals surface area contributed by atoms with E-state index in [1.54, 1.807) is 18.3 Å². The van der Waals surface area contributed by atoms with Crippen molar-refractivity contribution in [1.82, 2.24) is 19.7 Å². The summed E-state index contributed by atoms with van der Waals surface area (Å²) in [6, 6.07) is 14.8. The van der Waals surface area contributed by atoms with Gasteiger partial charge in [0.05, 0.1) is 10.9 Å². The van der Waals surface area contributed by atoms with Crippen molar-refractivity contribution in [3.63, 3.8) is 0 Å². The fourth-order valence-corrected chi connectivity index (χ4v) is 5.41. The number of thioether (sulfide) groups is 1. The molecule has 1 N–H and O–H groups in total. The van der Waals surface area contributed by atoms with Gasteiger partial charge < -0.3 is 0 Å². The van der Waals surface area contributed by atoms with Crippen molar-refractivity contribution in [2.45, 2.75) is 31.0 Å². The van der Waals surface area contributed by atoms with Crippen molar-refractivity contribution in [3.05, 3.63) is 115 Å². The number of ketones is 1. The van der Waals surface area contributed by atoms with Crippen molar-refractivity contribution in [1.29, 1.82) is 0 Å². The molecule has 2 aromatic heterocycles. The molecule has 0 aliphatic rings. The number of Topliss-reactive ketones (excluding diaryl/α,β-unsaturated/α-hetero) is 1. The molecule has 4 aromatic rings. The smallest absolute Gasteiger partial charge is 0.294 e. The maximum Gasteiger partial charge on any atom is 0.349 e. The molecular formula is C25H21ClN4O3S. The largest absolute Gasteiger partial charge is 0.349 e. The molecule has 2 heterocycles. The summed E-state index contributed by atoms with van der Waals surface area (Å²) in [5, 5.41) is 5.03. The highest BCUT2D eigenvalue weighted by atomic mass is 35.5. The van der Waals surface area contributed by atoms with Gasteiger partial charge in [-0.15, -0.1) is 0 Å². The lowest BCUT2D eigenvalue weighted by Crippen LogP contribution is -2.30. The Hall–Kier alpha value is -3.49. The Kier molecular flexibility index (Phi) is 6.81. The molecular weight excluding hydrogens is 472 g/mol. The van der Waals surface area contributed by atoms with Crippen LogP contribution in [0, 0.1) is 13.8 Å². The minimum atomic E-state index is -0.609. The number of nitrogens with one attached hydrogen (secondary N) is 1. The van der Waals surface area contributed by atoms with E-state index in [2.05, 4.69) is 15.1 Å². The number of hydrogen-bond donors (Lipinski definition) is 1. The first-order chi connectivity index (χ1) is 16.2. The number of aromatic nitrogens is 4. The number of pyridine rings is 1. The second-order valence-electron chi connectivity index (χ2n) is 7.81. The number of carbonyl (C=O) groups excluding carboxylic acids is 1. The molecule has 172 valence electrons. The summed E-state index contributed by atoms with van der Waals surface area (Å²) in [5.74, 6) is -0.0576. The molecule has 0 radical (unpaired) electrons. The highest BCUT2D eigenvalue weighted by Gasteiger charge is 2.24. The number of benzene rings is 2. The summed E-state index contributed by atoms with van der Waals surface area (Å²) < 4.78 is 1.15. The number of carbonyl (C=O) groups is 1. The van der Waals surface area contributed by atoms with Gasteiger partial charge in [0.2, 0.25) is 0 Å². The molecule has 0 amide bonds. The van der Waals surface area contributed by atoms with Gasteiger partial charge in [0.25, 0.3) is 5.56 Å². The van der Waals surface area contributed by atoms with E-state index in [0.29, 0.717) is 21.3 Å². The second-order valence-corrected chi connectivity index (χ2v) is 9.34. The zero-order valence-electron chi connectivity index (χ0n) is 18.7. The van der Waals surface area contributed by atoms with Crippen molar-refractivity contribution in [3.8, 4) is 5.69 Å². The lowest BCUT2D eigenvalue weighted by atomic mass is 9.95. The molecule has 0 bridgehead atoms. The van der Waals surface area contributed by atoms with Gasteiger partial charge in [0.1, 0.15) is 11.2 Å². The average molecular weight is 493 g/mol. The lowest BCUT2D eigenvalue weighted by molar-refractivity contribution is 0.101. The van der Waals surface area contributed by atoms with E-state index in [1.165, 1.54) is 18.7 Å². The first kappa shape index (κ1) is 23.7. The summed E-state index contributed by atoms with van der Waals surface area (Å²) in [6.45, 7) is 5.44. The summed E-state index contributed by atoms with van der Waals surface area (Å²) in [4.78, 5) is 42.6. The Balaban J connectivity index is 1.86. The van der Waals surface area contributed by atoms with Crippen molar-refractivity contribution in [2.75, 3.05) is 0 Å². The molecule has 0 aliphatic heterocycles. The molecule has 0 aliphatic carbocycles. The van der Waals surface area contributed by atoms with Crippen LogP contribution in [-0.4, -0.2) is 25.5 Å². The van der Waals surface area contributed by atoms with E-state index in [4.69, 9.17) is 11.6 Å². The number of halogens is 1. The van der Waals surface area contributed by atoms with Gasteiger partial charge >= 0.3 is 5.69 Å². The van der Waals surface area contributed by atoms with E-state index in [-0.39, 0.29) is 11.0 Å². The second kappa shape index (κ2) is 9.79. The first-order valence-electron chi connectivity index (χ1n) is 10.4. The number of aryl methyl sites for hydroxylation is 2. The van der Waals surface area contributed by atoms with Crippen LogP contribution in [0.1, 0.15) is 44.8 Å². The van der Waals surface area contributed by atoms with Crippen LogP contribution in [0.5, 0.6) is 0 Å². The van der Waals surface area contributed by atoms with Crippen LogP contribution in [0.25, 0.3) is 5.69 Å². The molecule has 34 heavy (non-hydrogen) atoms. The number of H-pyrrole nitrogens is 1. The van der Waals surface area contributed by atoms with Crippen LogP contribution in [0.3, 0.4) is 0 Å². The number of nitrogens with zero attached hydrogens (tertiary/aromatic N) is 3. The van der Waals surface area contributed by atoms with Gasteiger partial charge in [-0.25, -0.2) is 9.78 Å². The van der Waals surface area contributed by atoms with Crippen LogP contribution in [0.4, 0.5) is 0 Å². The third kappa shape index (κ3) is 4.88. The topological polar surface area (TPSA) is 97.7 Å². The number of rotatable bonds is 6. The van der Waals surface area contributed by atoms with Gasteiger partial charge in [0.15, 0.2) is 5.78 Å². The maximum atomic E-state index is 12.3. The predicted molar refractivity (Wildman–Crippen MR) is 133 cm³/mol. The Morgan fingerprint density at radius 2 is 1.76 bits per heavy atom. The molecule has 0 saturated heterocycles. The number of hydrogen-bond acceptors (Lipinski definition) is 6. The minimum Gasteiger partial charge on any atom is -0.294 e. The molecule has 1 unspecified atom stereocenters. The fourth-order valence-electron chi connectivity index (χ4n) is 3.82. The zero-order chi connectivity index (χ0) is 24.4. The zero-order valence-corrected chi connectivity index (χ0v) is 20.3. The van der Waals surface area contributed by atoms with Gasteiger partial charge in [-0.1, -0.05) is 35.5 Å². The highest BCUT2D eigenvalue weighted by molar-refractivity contribution is 7.99. The van der Waals surface area contributed by atoms with E-state index >= 15 is 0 Å². The monoisotopic (exact) mass is 492 g/mol. The third-order valence-corrected chi connectivity index (χ3v) is 6.89. The van der Waals surface area contributed by atoms with Crippen molar-refractivity contribution in [2.24, 2.45) is 0 Å². The van der Waals surface area contributed by atoms with Crippen LogP contribution < -0.4 is 11.2 Å². The van der Waals surface area contributed by atoms with Gasteiger partial charge in [-0.2, -0.15) is 9.78 Å². The average Bonchev–Trinajstić information content (AvgIpc) is 2.78. The lowest BCUT2D eigenvalue weighted by Gasteiger charge is -2.23. The Bertz CT molecular complexity index is 1470. The molecule has 4 rings (SSSR count). The van der Waals surface area contributed by atoms with Crippen molar-refractivity contribution < 1.29 is 4.79 Å². The van der Waals surface area contributed by atoms with E-state index < -0.39 is 11.2 Å². The summed E-state index contributed by atoms with van der Waals surface area (Å²) in [5.41, 5.74) is 3.79. The Labute approximate surface area is 204 Å². The molecule has 2 aromatic carbocycles. The molecule has 0 spiro atoms. The van der Waals surface area contributed by atoms with E-state index in [0.717, 1.165) is 33.1 Å². The fraction of sp³-hybridized carbons (Fsp3) is 0.160. The summed E-state index contributed by atoms with van der Waals surface area (Å²) in [6.07, 6.45) is 2.74. The summed E-state index contributed by atoms with van der Waals surface area (Å²) in [7, 11) is 0. The summed E-state index contributed by atoms with van der Waals surface area (Å²) >= 11 is 7.62. The Morgan fingerprint density at radius 3 is 2.38 bits per heavy atom. The maximum absolute atomic E-state index is 12.3. The van der Waals surface area contributed by atoms with Gasteiger partial charge in [-0.05, 0) is 79.4 Å². The van der Waals surface area contributed by atoms with Crippen LogP contribution in [-0.2, 0) is 0 Å². The van der Waals surface area contributed by atoms with E-state index in [9.17, 15) is 14.4 Å². The quantitative estimate of drug-likeness (QED) is 0.310. The standard InChI is InChI=1S/C25H21ClN4O3S/c1-14-11-19(30-25(33)29-21(32)13-28-30)12-15(2)22(14)23(17-6-8-18(26)9-7-17)34-24-20(16(3)31)5-4-10-27-24/h4-13,23H,1-3H3,(H,29,32,33). The van der Waals surface area contributed by atoms with Crippen LogP contribution >= 0.6 is 23.4 Å². The third-order valence-electron chi connectivity index (χ3n) is 5.35. The van der Waals surface area contributed by atoms with Crippen LogP contribution in [0.15, 0.2) is 75.5 Å². The Morgan fingerprint density at radius 1 is 1.09 bits per heavy atom. The molecule has 1 atom stereocenters. The predicted octanol–water partition coefficient (Wildman–Crippen LogP) is 4.67. The normalized spacial score (nSPS) is 11.9. The van der Waals surface area contributed by atoms with Crippen molar-refractivity contribution >= 4 is 29.1 Å². The SMILES string of the molecule is CC(=O)c1cccnc1SC(c1ccc(Cl)cc1)c1c(C)cc(-n2ncc(=O)[nH]c2=O)cc1C. The van der Waals surface area contributed by atoms with E-state index in [1.807, 2.05) is 50.2 Å². The molecule has 7 nitrogen and oxygen atoms in total. The molecule has 9 heteroatoms. The van der Waals surface area contributed by atoms with Gasteiger partial charge in [0, 0.05) is 16.8 Å². The first-order valence-corrected chi connectivity index (χ1v) is 11.7. The molecule has 0 saturated carbocycles. The van der Waals surface area contributed by atoms with Gasteiger partial charge in [-0.3, -0.25) is 14.6 Å². The number of aromatic amines is 1. The highest BCUT2D eigenvalue weighted by Crippen LogP contribution is 2.44. The van der Waals surface area contributed by atoms with Crippen LogP contribution in [0.2, 0.25) is 5.02 Å².